The van der Waals surface area contributed by atoms with Crippen molar-refractivity contribution in [2.75, 3.05) is 41.8 Å². The van der Waals surface area contributed by atoms with E-state index in [1.807, 2.05) is 12.1 Å². The molecule has 1 aliphatic heterocycles. The molecule has 0 aliphatic carbocycles. The van der Waals surface area contributed by atoms with Gasteiger partial charge in [-0.2, -0.15) is 0 Å². The lowest BCUT2D eigenvalue weighted by atomic mass is 10.2. The van der Waals surface area contributed by atoms with Crippen LogP contribution in [0.5, 0.6) is 0 Å². The molecule has 2 heterocycles. The van der Waals surface area contributed by atoms with Gasteiger partial charge in [0.15, 0.2) is 12.1 Å². The number of carbonyl (C=O) groups is 1. The zero-order valence-corrected chi connectivity index (χ0v) is 13.8. The summed E-state index contributed by atoms with van der Waals surface area (Å²) in [5, 5.41) is 5.24. The predicted octanol–water partition coefficient (Wildman–Crippen LogP) is 1.55. The molecule has 1 aromatic heterocycles. The molecule has 1 saturated heterocycles. The summed E-state index contributed by atoms with van der Waals surface area (Å²) < 4.78 is 0. The molecule has 1 fully saturated rings. The lowest BCUT2D eigenvalue weighted by molar-refractivity contribution is 0.111. The number of carbonyl (C=O) groups excluding carboxylic acids is 1. The maximum absolute atomic E-state index is 10.9. The van der Waals surface area contributed by atoms with Gasteiger partial charge in [0.1, 0.15) is 5.69 Å². The molecular weight excluding hydrogens is 328 g/mol. The molecule has 24 heavy (non-hydrogen) atoms. The lowest BCUT2D eigenvalue weighted by Crippen LogP contribution is -2.43. The number of rotatable bonds is 4. The van der Waals surface area contributed by atoms with Crippen molar-refractivity contribution in [3.63, 3.8) is 0 Å². The van der Waals surface area contributed by atoms with Crippen LogP contribution in [-0.4, -0.2) is 37.4 Å². The Morgan fingerprint density at radius 1 is 1.25 bits per heavy atom. The topological polar surface area (TPSA) is 101 Å². The fraction of sp³-hybridized carbons (Fsp3) is 0.250. The molecule has 0 spiro atoms. The molecule has 5 N–H and O–H groups in total. The Morgan fingerprint density at radius 3 is 2.67 bits per heavy atom. The standard InChI is InChI=1S/C16H19ClN6O/c17-13-9-12(2-4-15(13)22-7-5-20-6-8-22)23(19)16-14(18)3-1-11(10-24)21-16/h1-4,9-10,20H,5-8,18-19H2. The second-order valence-electron chi connectivity index (χ2n) is 5.51. The highest BCUT2D eigenvalue weighted by Gasteiger charge is 2.16. The molecule has 3 rings (SSSR count). The highest BCUT2D eigenvalue weighted by Crippen LogP contribution is 2.33. The van der Waals surface area contributed by atoms with E-state index in [9.17, 15) is 4.79 Å². The fourth-order valence-corrected chi connectivity index (χ4v) is 2.96. The van der Waals surface area contributed by atoms with Gasteiger partial charge in [-0.25, -0.2) is 10.8 Å². The highest BCUT2D eigenvalue weighted by atomic mass is 35.5. The fourth-order valence-electron chi connectivity index (χ4n) is 2.66. The van der Waals surface area contributed by atoms with Gasteiger partial charge in [0, 0.05) is 26.2 Å². The summed E-state index contributed by atoms with van der Waals surface area (Å²) >= 11 is 6.44. The SMILES string of the molecule is Nc1ccc(C=O)nc1N(N)c1ccc(N2CCNCC2)c(Cl)c1. The van der Waals surface area contributed by atoms with Crippen LogP contribution in [-0.2, 0) is 0 Å². The number of halogens is 1. The second kappa shape index (κ2) is 7.04. The molecule has 0 amide bonds. The second-order valence-corrected chi connectivity index (χ2v) is 5.92. The maximum Gasteiger partial charge on any atom is 0.171 e. The van der Waals surface area contributed by atoms with Crippen molar-refractivity contribution in [3.05, 3.63) is 41.0 Å². The summed E-state index contributed by atoms with van der Waals surface area (Å²) in [6.07, 6.45) is 0.650. The maximum atomic E-state index is 10.9. The number of hydrogen-bond donors (Lipinski definition) is 3. The van der Waals surface area contributed by atoms with Crippen molar-refractivity contribution < 1.29 is 4.79 Å². The minimum Gasteiger partial charge on any atom is -0.396 e. The van der Waals surface area contributed by atoms with E-state index < -0.39 is 0 Å². The quantitative estimate of drug-likeness (QED) is 0.438. The molecule has 0 radical (unpaired) electrons. The zero-order chi connectivity index (χ0) is 17.1. The van der Waals surface area contributed by atoms with E-state index in [0.717, 1.165) is 31.9 Å². The van der Waals surface area contributed by atoms with E-state index in [2.05, 4.69) is 15.2 Å². The molecule has 2 aromatic rings. The summed E-state index contributed by atoms with van der Waals surface area (Å²) in [5.74, 6) is 6.44. The van der Waals surface area contributed by atoms with Crippen molar-refractivity contribution >= 4 is 40.8 Å². The van der Waals surface area contributed by atoms with Crippen molar-refractivity contribution in [3.8, 4) is 0 Å². The Bertz CT molecular complexity index is 747. The zero-order valence-electron chi connectivity index (χ0n) is 13.1. The molecular formula is C16H19ClN6O. The molecule has 1 aliphatic rings. The number of benzene rings is 1. The Balaban J connectivity index is 1.89. The molecule has 8 heteroatoms. The van der Waals surface area contributed by atoms with Gasteiger partial charge in [-0.05, 0) is 30.3 Å². The lowest BCUT2D eigenvalue weighted by Gasteiger charge is -2.30. The van der Waals surface area contributed by atoms with E-state index in [4.69, 9.17) is 23.2 Å². The van der Waals surface area contributed by atoms with Gasteiger partial charge in [-0.3, -0.25) is 9.80 Å². The molecule has 0 unspecified atom stereocenters. The van der Waals surface area contributed by atoms with Gasteiger partial charge >= 0.3 is 0 Å². The largest absolute Gasteiger partial charge is 0.396 e. The molecule has 126 valence electrons. The van der Waals surface area contributed by atoms with Gasteiger partial charge in [0.2, 0.25) is 0 Å². The van der Waals surface area contributed by atoms with Gasteiger partial charge < -0.3 is 16.0 Å². The van der Waals surface area contributed by atoms with E-state index in [-0.39, 0.29) is 5.69 Å². The number of piperazine rings is 1. The molecule has 0 atom stereocenters. The van der Waals surface area contributed by atoms with Gasteiger partial charge in [0.25, 0.3) is 0 Å². The van der Waals surface area contributed by atoms with E-state index in [1.165, 1.54) is 5.01 Å². The van der Waals surface area contributed by atoms with Crippen LogP contribution in [0, 0.1) is 0 Å². The van der Waals surface area contributed by atoms with Crippen LogP contribution in [0.3, 0.4) is 0 Å². The van der Waals surface area contributed by atoms with Gasteiger partial charge in [-0.15, -0.1) is 0 Å². The number of nitrogens with zero attached hydrogens (tertiary/aromatic N) is 3. The van der Waals surface area contributed by atoms with Gasteiger partial charge in [-0.1, -0.05) is 11.6 Å². The van der Waals surface area contributed by atoms with Crippen LogP contribution in [0.25, 0.3) is 0 Å². The molecule has 0 saturated carbocycles. The Labute approximate surface area is 145 Å². The van der Waals surface area contributed by atoms with E-state index in [1.54, 1.807) is 18.2 Å². The third kappa shape index (κ3) is 3.28. The third-order valence-corrected chi connectivity index (χ3v) is 4.25. The number of hydrazine groups is 1. The summed E-state index contributed by atoms with van der Waals surface area (Å²) in [7, 11) is 0. The summed E-state index contributed by atoms with van der Waals surface area (Å²) in [6.45, 7) is 3.67. The number of nitrogens with one attached hydrogen (secondary N) is 1. The van der Waals surface area contributed by atoms with Crippen LogP contribution in [0.2, 0.25) is 5.02 Å². The first-order chi connectivity index (χ1) is 11.6. The van der Waals surface area contributed by atoms with Crippen LogP contribution in [0.1, 0.15) is 10.5 Å². The van der Waals surface area contributed by atoms with Crippen molar-refractivity contribution in [2.24, 2.45) is 5.84 Å². The Morgan fingerprint density at radius 2 is 2.00 bits per heavy atom. The third-order valence-electron chi connectivity index (χ3n) is 3.94. The molecule has 0 bridgehead atoms. The van der Waals surface area contributed by atoms with Crippen molar-refractivity contribution in [1.29, 1.82) is 0 Å². The molecule has 7 nitrogen and oxygen atoms in total. The predicted molar refractivity (Wildman–Crippen MR) is 96.9 cm³/mol. The van der Waals surface area contributed by atoms with E-state index in [0.29, 0.717) is 28.5 Å². The number of pyridine rings is 1. The van der Waals surface area contributed by atoms with Crippen LogP contribution < -0.4 is 26.8 Å². The Hall–Kier alpha value is -2.35. The van der Waals surface area contributed by atoms with Crippen molar-refractivity contribution in [2.45, 2.75) is 0 Å². The minimum absolute atomic E-state index is 0.262. The number of nitrogen functional groups attached to an aromatic ring is 1. The highest BCUT2D eigenvalue weighted by molar-refractivity contribution is 6.33. The van der Waals surface area contributed by atoms with Gasteiger partial charge in [0.05, 0.1) is 22.1 Å². The normalized spacial score (nSPS) is 14.5. The average Bonchev–Trinajstić information content (AvgIpc) is 2.62. The van der Waals surface area contributed by atoms with Crippen LogP contribution in [0.15, 0.2) is 30.3 Å². The first-order valence-electron chi connectivity index (χ1n) is 7.62. The summed E-state index contributed by atoms with van der Waals surface area (Å²) in [6, 6.07) is 8.71. The minimum atomic E-state index is 0.262. The number of anilines is 4. The van der Waals surface area contributed by atoms with Crippen LogP contribution in [0.4, 0.5) is 22.9 Å². The smallest absolute Gasteiger partial charge is 0.171 e. The first kappa shape index (κ1) is 16.5. The van der Waals surface area contributed by atoms with Crippen molar-refractivity contribution in [1.82, 2.24) is 10.3 Å². The summed E-state index contributed by atoms with van der Waals surface area (Å²) in [4.78, 5) is 17.3. The summed E-state index contributed by atoms with van der Waals surface area (Å²) in [5.41, 5.74) is 8.17. The average molecular weight is 347 g/mol. The molecule has 1 aromatic carbocycles. The number of nitrogens with two attached hydrogens (primary N) is 2. The number of hydrogen-bond acceptors (Lipinski definition) is 7. The number of aldehydes is 1. The van der Waals surface area contributed by atoms with E-state index >= 15 is 0 Å². The Kier molecular flexibility index (Phi) is 4.84. The number of aromatic nitrogens is 1. The first-order valence-corrected chi connectivity index (χ1v) is 7.99. The van der Waals surface area contributed by atoms with Crippen LogP contribution >= 0.6 is 11.6 Å². The monoisotopic (exact) mass is 346 g/mol.